The molecule has 1 N–H and O–H groups in total. The van der Waals surface area contributed by atoms with E-state index < -0.39 is 26.9 Å². The van der Waals surface area contributed by atoms with Gasteiger partial charge in [0, 0.05) is 36.0 Å². The fourth-order valence-electron chi connectivity index (χ4n) is 4.13. The van der Waals surface area contributed by atoms with E-state index in [0.29, 0.717) is 22.5 Å². The van der Waals surface area contributed by atoms with E-state index in [-0.39, 0.29) is 23.7 Å². The molecular formula is C22H23N5O5S. The first kappa shape index (κ1) is 22.6. The lowest BCUT2D eigenvalue weighted by atomic mass is 10.0. The minimum atomic E-state index is -4.22. The van der Waals surface area contributed by atoms with Gasteiger partial charge in [-0.15, -0.1) is 0 Å². The quantitative estimate of drug-likeness (QED) is 0.452. The maximum atomic E-state index is 13.6. The summed E-state index contributed by atoms with van der Waals surface area (Å²) in [6.07, 6.45) is 0. The highest BCUT2D eigenvalue weighted by Gasteiger charge is 2.42. The molecule has 1 aromatic heterocycles. The number of hydrogen-bond acceptors (Lipinski definition) is 6. The zero-order valence-electron chi connectivity index (χ0n) is 18.3. The number of nitro groups is 1. The maximum absolute atomic E-state index is 13.6. The molecule has 33 heavy (non-hydrogen) atoms. The largest absolute Gasteiger partial charge is 0.353 e. The summed E-state index contributed by atoms with van der Waals surface area (Å²) in [7, 11) is -4.22. The second-order valence-corrected chi connectivity index (χ2v) is 9.74. The third-order valence-corrected chi connectivity index (χ3v) is 7.63. The molecule has 1 amide bonds. The smallest absolute Gasteiger partial charge is 0.273 e. The predicted molar refractivity (Wildman–Crippen MR) is 121 cm³/mol. The number of amides is 1. The zero-order chi connectivity index (χ0) is 23.9. The van der Waals surface area contributed by atoms with Gasteiger partial charge in [0.05, 0.1) is 21.2 Å². The number of rotatable bonds is 5. The summed E-state index contributed by atoms with van der Waals surface area (Å²) < 4.78 is 30.0. The highest BCUT2D eigenvalue weighted by atomic mass is 32.2. The van der Waals surface area contributed by atoms with Crippen LogP contribution in [-0.4, -0.2) is 46.4 Å². The normalized spacial score (nSPS) is 17.1. The molecule has 11 heteroatoms. The summed E-state index contributed by atoms with van der Waals surface area (Å²) >= 11 is 0. The highest BCUT2D eigenvalue weighted by molar-refractivity contribution is 7.89. The lowest BCUT2D eigenvalue weighted by Gasteiger charge is -2.34. The van der Waals surface area contributed by atoms with Gasteiger partial charge in [0.2, 0.25) is 15.9 Å². The first-order valence-electron chi connectivity index (χ1n) is 10.3. The van der Waals surface area contributed by atoms with Gasteiger partial charge in [0.25, 0.3) is 5.69 Å². The van der Waals surface area contributed by atoms with Crippen molar-refractivity contribution < 1.29 is 18.1 Å². The average molecular weight is 470 g/mol. The first-order valence-corrected chi connectivity index (χ1v) is 11.7. The molecule has 1 saturated heterocycles. The number of carbonyl (C=O) groups is 1. The van der Waals surface area contributed by atoms with E-state index in [4.69, 9.17) is 0 Å². The number of hydrogen-bond donors (Lipinski definition) is 1. The van der Waals surface area contributed by atoms with Crippen LogP contribution >= 0.6 is 0 Å². The molecule has 1 fully saturated rings. The summed E-state index contributed by atoms with van der Waals surface area (Å²) in [5, 5.41) is 18.7. The van der Waals surface area contributed by atoms with Gasteiger partial charge >= 0.3 is 0 Å². The van der Waals surface area contributed by atoms with E-state index in [1.54, 1.807) is 18.5 Å². The van der Waals surface area contributed by atoms with E-state index in [0.717, 1.165) is 16.1 Å². The number of nitro benzene ring substituents is 1. The number of aryl methyl sites for hydroxylation is 2. The summed E-state index contributed by atoms with van der Waals surface area (Å²) in [4.78, 5) is 23.5. The Morgan fingerprint density at radius 1 is 1.12 bits per heavy atom. The van der Waals surface area contributed by atoms with Gasteiger partial charge in [-0.25, -0.2) is 13.1 Å². The van der Waals surface area contributed by atoms with Crippen LogP contribution in [0.2, 0.25) is 0 Å². The van der Waals surface area contributed by atoms with E-state index >= 15 is 0 Å². The Morgan fingerprint density at radius 2 is 1.82 bits per heavy atom. The standard InChI is InChI=1S/C22H23N5O5S/c1-14-9-10-18(13-19(14)27(29)30)33(31,32)25-12-11-23-22(28)21(25)20-15(2)24-26(16(20)3)17-7-5-4-6-8-17/h4-10,13,21H,11-12H2,1-3H3,(H,23,28)/t21-/m1/s1. The van der Waals surface area contributed by atoms with Crippen molar-refractivity contribution in [3.8, 4) is 5.69 Å². The van der Waals surface area contributed by atoms with Crippen LogP contribution in [0.25, 0.3) is 5.69 Å². The molecule has 0 unspecified atom stereocenters. The van der Waals surface area contributed by atoms with Gasteiger partial charge in [0.1, 0.15) is 6.04 Å². The van der Waals surface area contributed by atoms with Gasteiger partial charge in [-0.3, -0.25) is 14.9 Å². The SMILES string of the molecule is Cc1ccc(S(=O)(=O)N2CCNC(=O)[C@H]2c2c(C)nn(-c3ccccc3)c2C)cc1[N+](=O)[O-]. The molecule has 0 spiro atoms. The molecule has 2 heterocycles. The molecule has 1 aliphatic rings. The predicted octanol–water partition coefficient (Wildman–Crippen LogP) is 2.57. The summed E-state index contributed by atoms with van der Waals surface area (Å²) in [5.41, 5.74) is 2.48. The molecule has 1 atom stereocenters. The van der Waals surface area contributed by atoms with Gasteiger partial charge in [-0.2, -0.15) is 9.40 Å². The number of carbonyl (C=O) groups excluding carboxylic acids is 1. The zero-order valence-corrected chi connectivity index (χ0v) is 19.2. The molecule has 3 aromatic rings. The topological polar surface area (TPSA) is 127 Å². The van der Waals surface area contributed by atoms with E-state index in [1.165, 1.54) is 19.1 Å². The Bertz CT molecular complexity index is 1350. The fourth-order valence-corrected chi connectivity index (χ4v) is 5.71. The molecule has 0 aliphatic carbocycles. The molecule has 1 aliphatic heterocycles. The minimum Gasteiger partial charge on any atom is -0.353 e. The number of piperazine rings is 1. The van der Waals surface area contributed by atoms with E-state index in [9.17, 15) is 23.3 Å². The Hall–Kier alpha value is -3.57. The molecule has 0 radical (unpaired) electrons. The lowest BCUT2D eigenvalue weighted by molar-refractivity contribution is -0.385. The number of nitrogens with one attached hydrogen (secondary N) is 1. The van der Waals surface area contributed by atoms with Crippen molar-refractivity contribution in [3.05, 3.63) is 81.2 Å². The fraction of sp³-hybridized carbons (Fsp3) is 0.273. The third kappa shape index (κ3) is 3.89. The van der Waals surface area contributed by atoms with Crippen molar-refractivity contribution in [2.45, 2.75) is 31.7 Å². The number of aromatic nitrogens is 2. The van der Waals surface area contributed by atoms with Crippen LogP contribution in [0.1, 0.15) is 28.6 Å². The van der Waals surface area contributed by atoms with Crippen LogP contribution in [0.5, 0.6) is 0 Å². The maximum Gasteiger partial charge on any atom is 0.273 e. The van der Waals surface area contributed by atoms with Crippen molar-refractivity contribution in [2.24, 2.45) is 0 Å². The Morgan fingerprint density at radius 3 is 2.48 bits per heavy atom. The molecular weight excluding hydrogens is 446 g/mol. The van der Waals surface area contributed by atoms with Crippen LogP contribution in [0.4, 0.5) is 5.69 Å². The van der Waals surface area contributed by atoms with Crippen molar-refractivity contribution in [2.75, 3.05) is 13.1 Å². The second-order valence-electron chi connectivity index (χ2n) is 7.85. The molecule has 4 rings (SSSR count). The molecule has 0 saturated carbocycles. The first-order chi connectivity index (χ1) is 15.6. The van der Waals surface area contributed by atoms with Crippen molar-refractivity contribution in [1.29, 1.82) is 0 Å². The Balaban J connectivity index is 1.84. The van der Waals surface area contributed by atoms with Crippen LogP contribution in [0.15, 0.2) is 53.4 Å². The second kappa shape index (κ2) is 8.41. The third-order valence-electron chi connectivity index (χ3n) is 5.77. The molecule has 0 bridgehead atoms. The average Bonchev–Trinajstić information content (AvgIpc) is 3.08. The number of sulfonamides is 1. The Labute approximate surface area is 191 Å². The molecule has 2 aromatic carbocycles. The minimum absolute atomic E-state index is 0.0236. The van der Waals surface area contributed by atoms with E-state index in [2.05, 4.69) is 10.4 Å². The van der Waals surface area contributed by atoms with Crippen molar-refractivity contribution >= 4 is 21.6 Å². The monoisotopic (exact) mass is 469 g/mol. The van der Waals surface area contributed by atoms with Gasteiger partial charge in [-0.05, 0) is 39.0 Å². The van der Waals surface area contributed by atoms with Crippen LogP contribution in [-0.2, 0) is 14.8 Å². The summed E-state index contributed by atoms with van der Waals surface area (Å²) in [6, 6.07) is 11.9. The summed E-state index contributed by atoms with van der Waals surface area (Å²) in [6.45, 7) is 5.20. The number of benzene rings is 2. The van der Waals surface area contributed by atoms with Gasteiger partial charge < -0.3 is 5.32 Å². The van der Waals surface area contributed by atoms with Crippen LogP contribution in [0, 0.1) is 30.9 Å². The van der Waals surface area contributed by atoms with Gasteiger partial charge in [0.15, 0.2) is 0 Å². The lowest BCUT2D eigenvalue weighted by Crippen LogP contribution is -2.52. The molecule has 172 valence electrons. The van der Waals surface area contributed by atoms with Crippen molar-refractivity contribution in [3.63, 3.8) is 0 Å². The number of nitrogens with zero attached hydrogens (tertiary/aromatic N) is 4. The van der Waals surface area contributed by atoms with E-state index in [1.807, 2.05) is 30.3 Å². The van der Waals surface area contributed by atoms with Crippen molar-refractivity contribution in [1.82, 2.24) is 19.4 Å². The Kier molecular flexibility index (Phi) is 5.76. The summed E-state index contributed by atoms with van der Waals surface area (Å²) in [5.74, 6) is -0.467. The van der Waals surface area contributed by atoms with Gasteiger partial charge in [-0.1, -0.05) is 24.3 Å². The molecule has 10 nitrogen and oxygen atoms in total. The van der Waals surface area contributed by atoms with Crippen LogP contribution < -0.4 is 5.32 Å². The number of para-hydroxylation sites is 1. The highest BCUT2D eigenvalue weighted by Crippen LogP contribution is 2.35. The van der Waals surface area contributed by atoms with Crippen LogP contribution in [0.3, 0.4) is 0 Å².